The molecule has 82 valence electrons. The van der Waals surface area contributed by atoms with E-state index in [9.17, 15) is 9.59 Å². The number of ketones is 1. The molecule has 0 saturated carbocycles. The molecule has 0 aromatic carbocycles. The Morgan fingerprint density at radius 2 is 2.07 bits per heavy atom. The fraction of sp³-hybridized carbons (Fsp3) is 0.455. The van der Waals surface area contributed by atoms with E-state index in [4.69, 9.17) is 9.47 Å². The molecule has 0 bridgehead atoms. The van der Waals surface area contributed by atoms with Gasteiger partial charge in [-0.05, 0) is 20.8 Å². The van der Waals surface area contributed by atoms with Crippen molar-refractivity contribution in [2.45, 2.75) is 33.5 Å². The van der Waals surface area contributed by atoms with Gasteiger partial charge in [0.2, 0.25) is 0 Å². The molecule has 0 radical (unpaired) electrons. The molecule has 0 amide bonds. The van der Waals surface area contributed by atoms with Crippen molar-refractivity contribution >= 4 is 11.8 Å². The fourth-order valence-corrected chi connectivity index (χ4v) is 1.20. The van der Waals surface area contributed by atoms with Gasteiger partial charge in [-0.25, -0.2) is 4.79 Å². The number of cyclic esters (lactones) is 1. The first kappa shape index (κ1) is 11.5. The summed E-state index contributed by atoms with van der Waals surface area (Å²) >= 11 is 0. The van der Waals surface area contributed by atoms with E-state index in [1.807, 2.05) is 0 Å². The molecule has 1 heterocycles. The Hall–Kier alpha value is -1.58. The average Bonchev–Trinajstić information content (AvgIpc) is 2.30. The van der Waals surface area contributed by atoms with E-state index in [0.717, 1.165) is 5.57 Å². The van der Waals surface area contributed by atoms with Crippen LogP contribution in [-0.4, -0.2) is 17.5 Å². The number of rotatable bonds is 3. The zero-order valence-electron chi connectivity index (χ0n) is 9.29. The molecule has 0 aromatic rings. The van der Waals surface area contributed by atoms with Crippen LogP contribution in [0.5, 0.6) is 0 Å². The van der Waals surface area contributed by atoms with Crippen molar-refractivity contribution in [3.63, 3.8) is 0 Å². The Bertz CT molecular complexity index is 365. The monoisotopic (exact) mass is 210 g/mol. The van der Waals surface area contributed by atoms with Crippen molar-refractivity contribution in [3.05, 3.63) is 23.5 Å². The summed E-state index contributed by atoms with van der Waals surface area (Å²) in [5.74, 6) is -1.58. The van der Waals surface area contributed by atoms with Crippen LogP contribution < -0.4 is 0 Å². The maximum absolute atomic E-state index is 11.2. The molecule has 1 aliphatic heterocycles. The molecule has 0 aromatic heterocycles. The predicted octanol–water partition coefficient (Wildman–Crippen LogP) is 1.72. The van der Waals surface area contributed by atoms with Gasteiger partial charge in [0.05, 0.1) is 6.26 Å². The van der Waals surface area contributed by atoms with E-state index in [2.05, 4.69) is 0 Å². The molecule has 1 atom stereocenters. The molecule has 1 aliphatic rings. The highest BCUT2D eigenvalue weighted by molar-refractivity contribution is 5.92. The van der Waals surface area contributed by atoms with Gasteiger partial charge in [0.15, 0.2) is 5.78 Å². The smallest absolute Gasteiger partial charge is 0.337 e. The number of esters is 1. The van der Waals surface area contributed by atoms with Crippen molar-refractivity contribution < 1.29 is 19.1 Å². The number of carbonyl (C=O) groups is 2. The summed E-state index contributed by atoms with van der Waals surface area (Å²) in [4.78, 5) is 21.9. The summed E-state index contributed by atoms with van der Waals surface area (Å²) in [6.07, 6.45) is 2.53. The third-order valence-electron chi connectivity index (χ3n) is 2.43. The van der Waals surface area contributed by atoms with Gasteiger partial charge >= 0.3 is 5.97 Å². The summed E-state index contributed by atoms with van der Waals surface area (Å²) in [5, 5.41) is 0. The van der Waals surface area contributed by atoms with Crippen LogP contribution in [0.1, 0.15) is 27.7 Å². The number of carbonyl (C=O) groups excluding carboxylic acids is 2. The predicted molar refractivity (Wildman–Crippen MR) is 53.8 cm³/mol. The lowest BCUT2D eigenvalue weighted by molar-refractivity contribution is -0.177. The van der Waals surface area contributed by atoms with Crippen LogP contribution in [-0.2, 0) is 19.1 Å². The summed E-state index contributed by atoms with van der Waals surface area (Å²) in [6.45, 7) is 6.50. The first-order valence-electron chi connectivity index (χ1n) is 4.63. The molecule has 4 nitrogen and oxygen atoms in total. The van der Waals surface area contributed by atoms with Crippen molar-refractivity contribution in [2.75, 3.05) is 0 Å². The van der Waals surface area contributed by atoms with E-state index in [-0.39, 0.29) is 11.8 Å². The third-order valence-corrected chi connectivity index (χ3v) is 2.43. The average molecular weight is 210 g/mol. The fourth-order valence-electron chi connectivity index (χ4n) is 1.20. The first-order valence-corrected chi connectivity index (χ1v) is 4.63. The molecule has 4 heteroatoms. The Morgan fingerprint density at radius 3 is 2.47 bits per heavy atom. The van der Waals surface area contributed by atoms with Gasteiger partial charge in [0.1, 0.15) is 0 Å². The molecular formula is C11H14O4. The number of hydrogen-bond donors (Lipinski definition) is 0. The molecule has 0 aliphatic carbocycles. The maximum Gasteiger partial charge on any atom is 0.337 e. The number of allylic oxidation sites excluding steroid dienone is 1. The van der Waals surface area contributed by atoms with Crippen LogP contribution in [0, 0.1) is 0 Å². The third kappa shape index (κ3) is 2.26. The second-order valence-corrected chi connectivity index (χ2v) is 3.62. The number of hydrogen-bond acceptors (Lipinski definition) is 4. The summed E-state index contributed by atoms with van der Waals surface area (Å²) in [6, 6.07) is 0. The Kier molecular flexibility index (Phi) is 2.98. The van der Waals surface area contributed by atoms with Crippen LogP contribution in [0.4, 0.5) is 0 Å². The zero-order valence-corrected chi connectivity index (χ0v) is 9.29. The van der Waals surface area contributed by atoms with Crippen molar-refractivity contribution in [1.29, 1.82) is 0 Å². The van der Waals surface area contributed by atoms with E-state index >= 15 is 0 Å². The molecular weight excluding hydrogens is 196 g/mol. The zero-order chi connectivity index (χ0) is 11.6. The van der Waals surface area contributed by atoms with Crippen molar-refractivity contribution in [2.24, 2.45) is 0 Å². The first-order chi connectivity index (χ1) is 6.87. The number of ether oxygens (including phenoxy) is 2. The summed E-state index contributed by atoms with van der Waals surface area (Å²) in [5.41, 5.74) is 1.27. The minimum absolute atomic E-state index is 0.124. The van der Waals surface area contributed by atoms with Crippen LogP contribution in [0.25, 0.3) is 0 Å². The van der Waals surface area contributed by atoms with Crippen LogP contribution in [0.15, 0.2) is 23.5 Å². The van der Waals surface area contributed by atoms with Gasteiger partial charge in [-0.15, -0.1) is 0 Å². The standard InChI is InChI=1S/C11H14O4/c1-7(12)5-6-14-11(4)9(3)8(2)10(13)15-11/h5-6H,1-4H3/b6-5+/t11-/m1/s1. The Labute approximate surface area is 88.6 Å². The summed E-state index contributed by atoms with van der Waals surface area (Å²) < 4.78 is 10.3. The van der Waals surface area contributed by atoms with Crippen molar-refractivity contribution in [3.8, 4) is 0 Å². The van der Waals surface area contributed by atoms with Crippen LogP contribution in [0.2, 0.25) is 0 Å². The van der Waals surface area contributed by atoms with Gasteiger partial charge in [-0.3, -0.25) is 4.79 Å². The highest BCUT2D eigenvalue weighted by Gasteiger charge is 2.41. The molecule has 15 heavy (non-hydrogen) atoms. The van der Waals surface area contributed by atoms with Gasteiger partial charge in [0, 0.05) is 24.1 Å². The van der Waals surface area contributed by atoms with Crippen LogP contribution >= 0.6 is 0 Å². The Balaban J connectivity index is 2.79. The second-order valence-electron chi connectivity index (χ2n) is 3.62. The van der Waals surface area contributed by atoms with Crippen molar-refractivity contribution in [1.82, 2.24) is 0 Å². The van der Waals surface area contributed by atoms with E-state index in [1.54, 1.807) is 20.8 Å². The normalized spacial score (nSPS) is 26.0. The van der Waals surface area contributed by atoms with E-state index < -0.39 is 5.79 Å². The van der Waals surface area contributed by atoms with Crippen LogP contribution in [0.3, 0.4) is 0 Å². The minimum atomic E-state index is -1.08. The summed E-state index contributed by atoms with van der Waals surface area (Å²) in [7, 11) is 0. The largest absolute Gasteiger partial charge is 0.456 e. The molecule has 0 unspecified atom stereocenters. The lowest BCUT2D eigenvalue weighted by atomic mass is 10.1. The lowest BCUT2D eigenvalue weighted by Gasteiger charge is -2.23. The second kappa shape index (κ2) is 3.88. The molecule has 0 spiro atoms. The maximum atomic E-state index is 11.2. The SMILES string of the molecule is CC(=O)/C=C/O[C@]1(C)OC(=O)C(C)=C1C. The topological polar surface area (TPSA) is 52.6 Å². The minimum Gasteiger partial charge on any atom is -0.456 e. The Morgan fingerprint density at radius 1 is 1.47 bits per heavy atom. The van der Waals surface area contributed by atoms with E-state index in [1.165, 1.54) is 19.3 Å². The van der Waals surface area contributed by atoms with E-state index in [0.29, 0.717) is 5.57 Å². The highest BCUT2D eigenvalue weighted by atomic mass is 16.7. The molecule has 0 fully saturated rings. The van der Waals surface area contributed by atoms with Gasteiger partial charge in [-0.1, -0.05) is 0 Å². The van der Waals surface area contributed by atoms with Gasteiger partial charge < -0.3 is 9.47 Å². The van der Waals surface area contributed by atoms with Gasteiger partial charge in [0.25, 0.3) is 5.79 Å². The molecule has 0 saturated heterocycles. The van der Waals surface area contributed by atoms with Gasteiger partial charge in [-0.2, -0.15) is 0 Å². The highest BCUT2D eigenvalue weighted by Crippen LogP contribution is 2.33. The lowest BCUT2D eigenvalue weighted by Crippen LogP contribution is -2.28. The quantitative estimate of drug-likeness (QED) is 0.404. The molecule has 1 rings (SSSR count). The molecule has 0 N–H and O–H groups in total.